The maximum Gasteiger partial charge on any atom is 0.159 e. The van der Waals surface area contributed by atoms with Gasteiger partial charge in [-0.2, -0.15) is 5.26 Å². The Kier molecular flexibility index (Phi) is 3.26. The summed E-state index contributed by atoms with van der Waals surface area (Å²) in [5.41, 5.74) is 1.33. The molecule has 1 aromatic heterocycles. The molecule has 1 aromatic rings. The predicted molar refractivity (Wildman–Crippen MR) is 75.3 cm³/mol. The van der Waals surface area contributed by atoms with E-state index in [1.165, 1.54) is 0 Å². The summed E-state index contributed by atoms with van der Waals surface area (Å²) in [6.45, 7) is 10.7. The van der Waals surface area contributed by atoms with E-state index in [2.05, 4.69) is 32.7 Å². The minimum Gasteiger partial charge on any atom is -0.487 e. The molecule has 3 nitrogen and oxygen atoms in total. The van der Waals surface area contributed by atoms with Crippen LogP contribution in [0.15, 0.2) is 6.20 Å². The zero-order valence-corrected chi connectivity index (χ0v) is 12.8. The molecule has 0 unspecified atom stereocenters. The molecule has 0 N–H and O–H groups in total. The van der Waals surface area contributed by atoms with Crippen molar-refractivity contribution in [2.45, 2.75) is 47.1 Å². The number of nitrogens with zero attached hydrogens (tertiary/aromatic N) is 2. The molecule has 4 heteroatoms. The number of ether oxygens (including phenoxy) is 1. The van der Waals surface area contributed by atoms with Gasteiger partial charge in [0.1, 0.15) is 17.9 Å². The number of aromatic nitrogens is 1. The largest absolute Gasteiger partial charge is 0.487 e. The van der Waals surface area contributed by atoms with Gasteiger partial charge in [-0.1, -0.05) is 39.3 Å². The van der Waals surface area contributed by atoms with Crippen molar-refractivity contribution in [3.05, 3.63) is 22.5 Å². The fraction of sp³-hybridized carbons (Fsp3) is 0.600. The van der Waals surface area contributed by atoms with Crippen LogP contribution in [-0.4, -0.2) is 11.1 Å². The Balaban J connectivity index is 2.31. The van der Waals surface area contributed by atoms with Gasteiger partial charge >= 0.3 is 0 Å². The summed E-state index contributed by atoms with van der Waals surface area (Å²) in [5.74, 6) is 0.676. The fourth-order valence-corrected chi connectivity index (χ4v) is 3.68. The molecule has 0 atom stereocenters. The maximum atomic E-state index is 8.90. The van der Waals surface area contributed by atoms with E-state index in [0.717, 1.165) is 12.0 Å². The third-order valence-corrected chi connectivity index (χ3v) is 4.36. The normalized spacial score (nSPS) is 20.5. The Morgan fingerprint density at radius 2 is 1.95 bits per heavy atom. The zero-order chi connectivity index (χ0) is 14.4. The molecule has 0 aromatic carbocycles. The average molecular weight is 279 g/mol. The Hall–Kier alpha value is -1.27. The van der Waals surface area contributed by atoms with Crippen molar-refractivity contribution >= 4 is 11.6 Å². The lowest BCUT2D eigenvalue weighted by atomic mass is 9.53. The van der Waals surface area contributed by atoms with Crippen LogP contribution in [0, 0.1) is 29.1 Å². The molecule has 2 rings (SSSR count). The van der Waals surface area contributed by atoms with E-state index in [-0.39, 0.29) is 22.6 Å². The lowest BCUT2D eigenvalue weighted by Gasteiger charge is -2.56. The van der Waals surface area contributed by atoms with Gasteiger partial charge in [0.05, 0.1) is 11.2 Å². The van der Waals surface area contributed by atoms with E-state index in [4.69, 9.17) is 21.6 Å². The third-order valence-electron chi connectivity index (χ3n) is 3.90. The van der Waals surface area contributed by atoms with Crippen LogP contribution in [0.2, 0.25) is 5.02 Å². The van der Waals surface area contributed by atoms with Crippen molar-refractivity contribution in [3.63, 3.8) is 0 Å². The highest BCUT2D eigenvalue weighted by atomic mass is 35.5. The molecule has 0 aliphatic heterocycles. The van der Waals surface area contributed by atoms with Gasteiger partial charge in [-0.15, -0.1) is 0 Å². The molecule has 1 heterocycles. The molecular weight excluding hydrogens is 260 g/mol. The summed E-state index contributed by atoms with van der Waals surface area (Å²) in [7, 11) is 0. The highest BCUT2D eigenvalue weighted by molar-refractivity contribution is 6.32. The summed E-state index contributed by atoms with van der Waals surface area (Å²) in [6, 6.07) is 1.98. The summed E-state index contributed by atoms with van der Waals surface area (Å²) in [6.07, 6.45) is 2.86. The Labute approximate surface area is 119 Å². The molecule has 0 bridgehead atoms. The minimum atomic E-state index is 0.129. The number of halogens is 1. The van der Waals surface area contributed by atoms with E-state index in [1.807, 2.05) is 13.0 Å². The van der Waals surface area contributed by atoms with Crippen LogP contribution in [0.5, 0.6) is 5.75 Å². The van der Waals surface area contributed by atoms with Crippen LogP contribution in [0.25, 0.3) is 0 Å². The van der Waals surface area contributed by atoms with E-state index in [9.17, 15) is 0 Å². The van der Waals surface area contributed by atoms with Crippen molar-refractivity contribution in [1.82, 2.24) is 4.98 Å². The topological polar surface area (TPSA) is 45.9 Å². The van der Waals surface area contributed by atoms with Crippen LogP contribution in [-0.2, 0) is 0 Å². The summed E-state index contributed by atoms with van der Waals surface area (Å²) >= 11 is 6.12. The summed E-state index contributed by atoms with van der Waals surface area (Å²) in [5, 5.41) is 9.29. The number of rotatable bonds is 2. The molecule has 0 amide bonds. The highest BCUT2D eigenvalue weighted by Gasteiger charge is 2.55. The molecule has 1 aliphatic rings. The average Bonchev–Trinajstić information content (AvgIpc) is 2.29. The standard InChI is InChI=1S/C15H19ClN2O/c1-9-11(7-18-10(6-17)12(9)16)19-13-14(2,3)8-15(13,4)5/h7,13H,8H2,1-5H3. The third kappa shape index (κ3) is 2.30. The summed E-state index contributed by atoms with van der Waals surface area (Å²) < 4.78 is 6.14. The zero-order valence-electron chi connectivity index (χ0n) is 12.0. The molecule has 0 radical (unpaired) electrons. The van der Waals surface area contributed by atoms with E-state index in [1.54, 1.807) is 6.20 Å². The molecule has 102 valence electrons. The van der Waals surface area contributed by atoms with Gasteiger partial charge in [-0.3, -0.25) is 0 Å². The minimum absolute atomic E-state index is 0.129. The van der Waals surface area contributed by atoms with Gasteiger partial charge in [0, 0.05) is 16.4 Å². The molecular formula is C15H19ClN2O. The smallest absolute Gasteiger partial charge is 0.159 e. The number of nitriles is 1. The van der Waals surface area contributed by atoms with Crippen molar-refractivity contribution < 1.29 is 4.74 Å². The van der Waals surface area contributed by atoms with Crippen molar-refractivity contribution in [3.8, 4) is 11.8 Å². The lowest BCUT2D eigenvalue weighted by molar-refractivity contribution is -0.134. The first-order chi connectivity index (χ1) is 8.69. The second-order valence-corrected chi connectivity index (χ2v) is 7.05. The van der Waals surface area contributed by atoms with Crippen molar-refractivity contribution in [1.29, 1.82) is 5.26 Å². The predicted octanol–water partition coefficient (Wildman–Crippen LogP) is 4.12. The SMILES string of the molecule is Cc1c(OC2C(C)(C)CC2(C)C)cnc(C#N)c1Cl. The first kappa shape index (κ1) is 14.1. The van der Waals surface area contributed by atoms with Crippen LogP contribution >= 0.6 is 11.6 Å². The molecule has 0 spiro atoms. The van der Waals surface area contributed by atoms with Gasteiger partial charge in [0.15, 0.2) is 5.69 Å². The van der Waals surface area contributed by atoms with Gasteiger partial charge in [0.2, 0.25) is 0 Å². The maximum absolute atomic E-state index is 8.90. The van der Waals surface area contributed by atoms with Gasteiger partial charge in [0.25, 0.3) is 0 Å². The van der Waals surface area contributed by atoms with Crippen LogP contribution in [0.3, 0.4) is 0 Å². The number of hydrogen-bond donors (Lipinski definition) is 0. The molecule has 1 fully saturated rings. The monoisotopic (exact) mass is 278 g/mol. The first-order valence-corrected chi connectivity index (χ1v) is 6.79. The Morgan fingerprint density at radius 3 is 2.42 bits per heavy atom. The summed E-state index contributed by atoms with van der Waals surface area (Å²) in [4.78, 5) is 4.05. The van der Waals surface area contributed by atoms with Gasteiger partial charge in [-0.05, 0) is 13.3 Å². The number of pyridine rings is 1. The van der Waals surface area contributed by atoms with Crippen LogP contribution < -0.4 is 4.74 Å². The molecule has 1 aliphatic carbocycles. The van der Waals surface area contributed by atoms with E-state index in [0.29, 0.717) is 10.8 Å². The molecule has 0 saturated heterocycles. The van der Waals surface area contributed by atoms with E-state index < -0.39 is 0 Å². The first-order valence-electron chi connectivity index (χ1n) is 6.41. The molecule has 1 saturated carbocycles. The number of hydrogen-bond acceptors (Lipinski definition) is 3. The van der Waals surface area contributed by atoms with Gasteiger partial charge < -0.3 is 4.74 Å². The van der Waals surface area contributed by atoms with Gasteiger partial charge in [-0.25, -0.2) is 4.98 Å². The Morgan fingerprint density at radius 1 is 1.37 bits per heavy atom. The fourth-order valence-electron chi connectivity index (χ4n) is 3.49. The lowest BCUT2D eigenvalue weighted by Crippen LogP contribution is -2.58. The van der Waals surface area contributed by atoms with E-state index >= 15 is 0 Å². The Bertz CT molecular complexity index is 544. The van der Waals surface area contributed by atoms with Crippen molar-refractivity contribution in [2.24, 2.45) is 10.8 Å². The van der Waals surface area contributed by atoms with Crippen LogP contribution in [0.1, 0.15) is 45.4 Å². The molecule has 19 heavy (non-hydrogen) atoms. The highest BCUT2D eigenvalue weighted by Crippen LogP contribution is 2.55. The van der Waals surface area contributed by atoms with Crippen molar-refractivity contribution in [2.75, 3.05) is 0 Å². The quantitative estimate of drug-likeness (QED) is 0.817. The second-order valence-electron chi connectivity index (χ2n) is 6.67. The van der Waals surface area contributed by atoms with Crippen LogP contribution in [0.4, 0.5) is 0 Å². The second kappa shape index (κ2) is 4.38.